The first-order valence-corrected chi connectivity index (χ1v) is 17.7. The van der Waals surface area contributed by atoms with Gasteiger partial charge in [0.15, 0.2) is 10.9 Å². The van der Waals surface area contributed by atoms with E-state index in [0.29, 0.717) is 63.3 Å². The monoisotopic (exact) mass is 689 g/mol. The molecule has 14 heteroatoms. The Morgan fingerprint density at radius 1 is 1.09 bits per heavy atom. The van der Waals surface area contributed by atoms with Crippen LogP contribution in [0.3, 0.4) is 0 Å². The highest BCUT2D eigenvalue weighted by molar-refractivity contribution is 7.17. The second-order valence-electron chi connectivity index (χ2n) is 12.4. The summed E-state index contributed by atoms with van der Waals surface area (Å²) in [4.78, 5) is 50.8. The highest BCUT2D eigenvalue weighted by Gasteiger charge is 2.33. The molecule has 3 fully saturated rings. The zero-order chi connectivity index (χ0) is 32.4. The van der Waals surface area contributed by atoms with Gasteiger partial charge in [0, 0.05) is 64.5 Å². The highest BCUT2D eigenvalue weighted by atomic mass is 35.5. The van der Waals surface area contributed by atoms with E-state index < -0.39 is 5.97 Å². The molecule has 46 heavy (non-hydrogen) atoms. The number of halogens is 2. The first kappa shape index (κ1) is 33.1. The molecule has 3 saturated heterocycles. The van der Waals surface area contributed by atoms with Crippen LogP contribution in [0.5, 0.6) is 0 Å². The van der Waals surface area contributed by atoms with Gasteiger partial charge >= 0.3 is 5.97 Å². The molecule has 1 unspecified atom stereocenters. The number of carbonyl (C=O) groups excluding carboxylic acids is 2. The van der Waals surface area contributed by atoms with Gasteiger partial charge in [-0.1, -0.05) is 41.5 Å². The highest BCUT2D eigenvalue weighted by Crippen LogP contribution is 2.38. The Morgan fingerprint density at radius 2 is 1.89 bits per heavy atom. The summed E-state index contributed by atoms with van der Waals surface area (Å²) in [5.74, 6) is 0.764. The molecule has 3 aromatic rings. The van der Waals surface area contributed by atoms with Crippen LogP contribution in [-0.2, 0) is 9.47 Å². The van der Waals surface area contributed by atoms with Crippen molar-refractivity contribution >= 4 is 57.2 Å². The van der Waals surface area contributed by atoms with Crippen LogP contribution in [0.1, 0.15) is 65.4 Å². The van der Waals surface area contributed by atoms with Crippen molar-refractivity contribution in [2.45, 2.75) is 52.6 Å². The third-order valence-corrected chi connectivity index (χ3v) is 11.3. The fourth-order valence-electron chi connectivity index (χ4n) is 6.57. The first-order chi connectivity index (χ1) is 22.2. The lowest BCUT2D eigenvalue weighted by Gasteiger charge is -2.36. The molecule has 1 N–H and O–H groups in total. The average Bonchev–Trinajstić information content (AvgIpc) is 3.80. The van der Waals surface area contributed by atoms with Crippen molar-refractivity contribution in [2.75, 3.05) is 68.8 Å². The molecule has 0 aromatic carbocycles. The minimum Gasteiger partial charge on any atom is -0.462 e. The van der Waals surface area contributed by atoms with Crippen molar-refractivity contribution in [3.05, 3.63) is 38.7 Å². The average molecular weight is 691 g/mol. The number of hydrogen-bond acceptors (Lipinski definition) is 11. The summed E-state index contributed by atoms with van der Waals surface area (Å²) in [6.45, 7) is 13.0. The number of aryl methyl sites for hydroxylation is 1. The van der Waals surface area contributed by atoms with Gasteiger partial charge in [-0.25, -0.2) is 19.7 Å². The van der Waals surface area contributed by atoms with E-state index in [2.05, 4.69) is 26.6 Å². The van der Waals surface area contributed by atoms with Crippen LogP contribution in [0.4, 0.5) is 10.9 Å². The Bertz CT molecular complexity index is 1530. The van der Waals surface area contributed by atoms with Gasteiger partial charge in [-0.3, -0.25) is 9.69 Å². The quantitative estimate of drug-likeness (QED) is 0.208. The van der Waals surface area contributed by atoms with Crippen molar-refractivity contribution < 1.29 is 19.1 Å². The lowest BCUT2D eigenvalue weighted by molar-refractivity contribution is 0.0532. The number of ether oxygens (including phenoxy) is 2. The molecule has 6 rings (SSSR count). The molecule has 248 valence electrons. The van der Waals surface area contributed by atoms with E-state index in [-0.39, 0.29) is 24.2 Å². The van der Waals surface area contributed by atoms with Crippen LogP contribution in [-0.4, -0.2) is 102 Å². The number of anilines is 2. The second kappa shape index (κ2) is 14.6. The van der Waals surface area contributed by atoms with Crippen molar-refractivity contribution in [1.82, 2.24) is 24.8 Å². The number of rotatable bonds is 10. The minimum absolute atomic E-state index is 0.0333. The number of Topliss-reactive ketones (excluding diaryl/α,β-unsaturated/α-hetero) is 1. The van der Waals surface area contributed by atoms with E-state index in [9.17, 15) is 9.59 Å². The number of piperidine rings is 1. The zero-order valence-corrected chi connectivity index (χ0v) is 28.9. The van der Waals surface area contributed by atoms with Crippen LogP contribution < -0.4 is 9.80 Å². The Kier molecular flexibility index (Phi) is 10.5. The molecular formula is C32H41Cl2N7O4S. The van der Waals surface area contributed by atoms with Gasteiger partial charge < -0.3 is 24.3 Å². The fraction of sp³-hybridized carbons (Fsp3) is 0.594. The molecule has 11 nitrogen and oxygen atoms in total. The number of nitrogens with one attached hydrogen (secondary N) is 1. The summed E-state index contributed by atoms with van der Waals surface area (Å²) in [5, 5.41) is 1.42. The van der Waals surface area contributed by atoms with E-state index in [0.717, 1.165) is 69.5 Å². The number of aromatic nitrogens is 4. The number of carbonyl (C=O) groups is 2. The molecule has 6 heterocycles. The summed E-state index contributed by atoms with van der Waals surface area (Å²) in [6.07, 6.45) is 7.33. The number of ketones is 1. The van der Waals surface area contributed by atoms with Crippen molar-refractivity contribution in [1.29, 1.82) is 0 Å². The topological polar surface area (TPSA) is 117 Å². The number of aromatic amines is 1. The predicted molar refractivity (Wildman–Crippen MR) is 181 cm³/mol. The van der Waals surface area contributed by atoms with E-state index in [1.165, 1.54) is 11.3 Å². The number of esters is 1. The SMILES string of the molecule is CCOC(=O)c1sc(N2CC[C@@H](CC(=O)c3[nH]c(C)c(Cl)c3Cl)[C@@H](C)C2)nc1-c1cnc(N2CCN(CC3CCCO3)CC2)cn1. The number of thiazole rings is 1. The van der Waals surface area contributed by atoms with Crippen LogP contribution in [0.2, 0.25) is 10.0 Å². The normalized spacial score (nSPS) is 22.4. The van der Waals surface area contributed by atoms with E-state index in [1.54, 1.807) is 26.2 Å². The van der Waals surface area contributed by atoms with Crippen molar-refractivity contribution in [3.63, 3.8) is 0 Å². The van der Waals surface area contributed by atoms with Crippen molar-refractivity contribution in [3.8, 4) is 11.4 Å². The molecule has 3 atom stereocenters. The van der Waals surface area contributed by atoms with Gasteiger partial charge in [0.2, 0.25) is 0 Å². The minimum atomic E-state index is -0.417. The summed E-state index contributed by atoms with van der Waals surface area (Å²) in [7, 11) is 0. The second-order valence-corrected chi connectivity index (χ2v) is 14.2. The fourth-order valence-corrected chi connectivity index (χ4v) is 8.01. The number of nitrogens with zero attached hydrogens (tertiary/aromatic N) is 6. The lowest BCUT2D eigenvalue weighted by Crippen LogP contribution is -2.48. The largest absolute Gasteiger partial charge is 0.462 e. The molecule has 3 aliphatic heterocycles. The Labute approximate surface area is 283 Å². The number of piperazine rings is 1. The van der Waals surface area contributed by atoms with Gasteiger partial charge in [0.1, 0.15) is 27.8 Å². The van der Waals surface area contributed by atoms with Gasteiger partial charge in [-0.15, -0.1) is 0 Å². The summed E-state index contributed by atoms with van der Waals surface area (Å²) in [5.41, 5.74) is 2.10. The molecule has 0 spiro atoms. The zero-order valence-electron chi connectivity index (χ0n) is 26.6. The summed E-state index contributed by atoms with van der Waals surface area (Å²) >= 11 is 13.8. The molecule has 0 bridgehead atoms. The predicted octanol–water partition coefficient (Wildman–Crippen LogP) is 5.76. The maximum atomic E-state index is 13.1. The molecular weight excluding hydrogens is 649 g/mol. The maximum Gasteiger partial charge on any atom is 0.350 e. The Morgan fingerprint density at radius 3 is 2.52 bits per heavy atom. The molecule has 0 radical (unpaired) electrons. The smallest absolute Gasteiger partial charge is 0.350 e. The van der Waals surface area contributed by atoms with Crippen LogP contribution in [0.15, 0.2) is 12.4 Å². The maximum absolute atomic E-state index is 13.1. The molecule has 0 saturated carbocycles. The van der Waals surface area contributed by atoms with Gasteiger partial charge in [-0.2, -0.15) is 0 Å². The van der Waals surface area contributed by atoms with E-state index in [4.69, 9.17) is 47.6 Å². The van der Waals surface area contributed by atoms with E-state index in [1.807, 2.05) is 0 Å². The van der Waals surface area contributed by atoms with Crippen LogP contribution in [0, 0.1) is 18.8 Å². The lowest BCUT2D eigenvalue weighted by atomic mass is 9.83. The van der Waals surface area contributed by atoms with Gasteiger partial charge in [0.25, 0.3) is 0 Å². The summed E-state index contributed by atoms with van der Waals surface area (Å²) in [6, 6.07) is 0. The van der Waals surface area contributed by atoms with Gasteiger partial charge in [-0.05, 0) is 44.9 Å². The standard InChI is InChI=1S/C32H41Cl2N7O4S/c1-4-44-31(43)30-28(23-15-36-25(16-35-23)40-11-9-39(10-12-40)18-22-6-5-13-45-22)38-32(46-30)41-8-7-21(19(2)17-41)14-24(42)29-27(34)26(33)20(3)37-29/h15-16,19,21-22,37H,4-14,17-18H2,1-3H3/t19-,21-,22?/m0/s1. The van der Waals surface area contributed by atoms with Crippen LogP contribution in [0.25, 0.3) is 11.4 Å². The Hall–Kier alpha value is -2.77. The van der Waals surface area contributed by atoms with Crippen molar-refractivity contribution in [2.24, 2.45) is 11.8 Å². The summed E-state index contributed by atoms with van der Waals surface area (Å²) < 4.78 is 11.2. The Balaban J connectivity index is 1.11. The molecule has 3 aliphatic rings. The molecule has 0 aliphatic carbocycles. The molecule has 0 amide bonds. The number of hydrogen-bond donors (Lipinski definition) is 1. The third kappa shape index (κ3) is 7.21. The number of H-pyrrole nitrogens is 1. The first-order valence-electron chi connectivity index (χ1n) is 16.1. The molecule has 3 aromatic heterocycles. The van der Waals surface area contributed by atoms with Crippen LogP contribution >= 0.6 is 34.5 Å². The van der Waals surface area contributed by atoms with Gasteiger partial charge in [0.05, 0.1) is 35.1 Å². The third-order valence-electron chi connectivity index (χ3n) is 9.27. The van der Waals surface area contributed by atoms with E-state index >= 15 is 0 Å².